The van der Waals surface area contributed by atoms with Crippen LogP contribution >= 0.6 is 0 Å². The Hall–Kier alpha value is -4.07. The van der Waals surface area contributed by atoms with Crippen LogP contribution in [0.3, 0.4) is 0 Å². The van der Waals surface area contributed by atoms with Crippen LogP contribution in [0.25, 0.3) is 16.9 Å². The van der Waals surface area contributed by atoms with E-state index < -0.39 is 24.8 Å². The number of aromatic nitrogens is 5. The molecule has 1 amide bonds. The Balaban J connectivity index is 1.29. The van der Waals surface area contributed by atoms with E-state index in [-0.39, 0.29) is 34.2 Å². The van der Waals surface area contributed by atoms with Crippen molar-refractivity contribution < 1.29 is 26.7 Å². The molecule has 5 heterocycles. The molecule has 4 aromatic rings. The first-order chi connectivity index (χ1) is 19.1. The molecule has 6 rings (SSSR count). The summed E-state index contributed by atoms with van der Waals surface area (Å²) in [7, 11) is 0. The molecular formula is C26H25F5N8O. The van der Waals surface area contributed by atoms with Gasteiger partial charge in [0.2, 0.25) is 0 Å². The first-order valence-corrected chi connectivity index (χ1v) is 12.8. The second kappa shape index (κ2) is 9.54. The highest BCUT2D eigenvalue weighted by molar-refractivity contribution is 5.97. The summed E-state index contributed by atoms with van der Waals surface area (Å²) in [4.78, 5) is 23.5. The largest absolute Gasteiger partial charge is 0.435 e. The van der Waals surface area contributed by atoms with Crippen molar-refractivity contribution in [3.63, 3.8) is 0 Å². The molecule has 0 unspecified atom stereocenters. The normalized spacial score (nSPS) is 16.4. The molecule has 2 aliphatic heterocycles. The molecule has 0 atom stereocenters. The maximum absolute atomic E-state index is 13.7. The van der Waals surface area contributed by atoms with E-state index in [0.29, 0.717) is 35.4 Å². The van der Waals surface area contributed by atoms with E-state index in [1.165, 1.54) is 23.0 Å². The third-order valence-corrected chi connectivity index (χ3v) is 7.42. The van der Waals surface area contributed by atoms with Crippen molar-refractivity contribution in [2.45, 2.75) is 44.5 Å². The maximum atomic E-state index is 13.7. The Morgan fingerprint density at radius 1 is 1.23 bits per heavy atom. The van der Waals surface area contributed by atoms with Gasteiger partial charge in [0.15, 0.2) is 17.2 Å². The van der Waals surface area contributed by atoms with Crippen LogP contribution in [-0.4, -0.2) is 66.6 Å². The number of likely N-dealkylation sites (tertiary alicyclic amines) is 1. The Morgan fingerprint density at radius 2 is 2.00 bits per heavy atom. The standard InChI is InChI=1S/C26H25F5N8O/c1-2-15-9-16(3-4-17(15)24(40)37-13-25(14-37)5-6-34-25)35-22-23-33-10-19(39(23)8-7-32-22)18-11-38(12-20(27)28)36-21(18)26(29,30)31/h3-4,7-11,20,34H,2,5-6,12-14H2,1H3,(H,32,35). The summed E-state index contributed by atoms with van der Waals surface area (Å²) >= 11 is 0. The van der Waals surface area contributed by atoms with E-state index in [1.807, 2.05) is 17.9 Å². The van der Waals surface area contributed by atoms with E-state index in [4.69, 9.17) is 0 Å². The van der Waals surface area contributed by atoms with Crippen LogP contribution in [0.2, 0.25) is 0 Å². The third kappa shape index (κ3) is 4.55. The monoisotopic (exact) mass is 560 g/mol. The lowest BCUT2D eigenvalue weighted by molar-refractivity contribution is -0.141. The first-order valence-electron chi connectivity index (χ1n) is 12.8. The lowest BCUT2D eigenvalue weighted by atomic mass is 9.80. The average Bonchev–Trinajstić information content (AvgIpc) is 3.46. The number of aryl methyl sites for hydroxylation is 1. The summed E-state index contributed by atoms with van der Waals surface area (Å²) in [6.07, 6.45) is -1.05. The molecule has 0 saturated carbocycles. The number of anilines is 2. The van der Waals surface area contributed by atoms with Gasteiger partial charge in [-0.1, -0.05) is 6.92 Å². The highest BCUT2D eigenvalue weighted by Gasteiger charge is 2.49. The van der Waals surface area contributed by atoms with Crippen LogP contribution < -0.4 is 10.6 Å². The smallest absolute Gasteiger partial charge is 0.337 e. The van der Waals surface area contributed by atoms with Crippen molar-refractivity contribution in [2.24, 2.45) is 0 Å². The molecule has 1 aromatic carbocycles. The fourth-order valence-corrected chi connectivity index (χ4v) is 5.32. The molecule has 40 heavy (non-hydrogen) atoms. The van der Waals surface area contributed by atoms with Gasteiger partial charge >= 0.3 is 6.18 Å². The molecule has 2 saturated heterocycles. The number of carbonyl (C=O) groups is 1. The van der Waals surface area contributed by atoms with Gasteiger partial charge in [0, 0.05) is 42.9 Å². The van der Waals surface area contributed by atoms with E-state index in [9.17, 15) is 26.7 Å². The molecular weight excluding hydrogens is 535 g/mol. The minimum Gasteiger partial charge on any atom is -0.337 e. The molecule has 3 aromatic heterocycles. The number of carbonyl (C=O) groups excluding carboxylic acids is 1. The van der Waals surface area contributed by atoms with Crippen LogP contribution in [0.1, 0.15) is 35.0 Å². The molecule has 9 nitrogen and oxygen atoms in total. The van der Waals surface area contributed by atoms with Gasteiger partial charge in [-0.05, 0) is 43.1 Å². The SMILES string of the molecule is CCc1cc(Nc2nccn3c(-c4cn(CC(F)F)nc4C(F)(F)F)cnc23)ccc1C(=O)N1CC2(CCN2)C1. The quantitative estimate of drug-likeness (QED) is 0.326. The molecule has 2 aliphatic rings. The lowest BCUT2D eigenvalue weighted by Gasteiger charge is -2.56. The third-order valence-electron chi connectivity index (χ3n) is 7.42. The number of hydrogen-bond acceptors (Lipinski definition) is 6. The maximum Gasteiger partial charge on any atom is 0.435 e. The van der Waals surface area contributed by atoms with Gasteiger partial charge in [-0.2, -0.15) is 18.3 Å². The van der Waals surface area contributed by atoms with Crippen molar-refractivity contribution in [3.8, 4) is 11.3 Å². The predicted molar refractivity (Wildman–Crippen MR) is 136 cm³/mol. The second-order valence-electron chi connectivity index (χ2n) is 10.1. The zero-order valence-electron chi connectivity index (χ0n) is 21.3. The average molecular weight is 561 g/mol. The number of amides is 1. The molecule has 210 valence electrons. The van der Waals surface area contributed by atoms with Gasteiger partial charge in [-0.15, -0.1) is 0 Å². The van der Waals surface area contributed by atoms with E-state index in [2.05, 4.69) is 25.7 Å². The molecule has 0 radical (unpaired) electrons. The van der Waals surface area contributed by atoms with E-state index in [1.54, 1.807) is 12.1 Å². The predicted octanol–water partition coefficient (Wildman–Crippen LogP) is 4.37. The molecule has 1 spiro atoms. The number of nitrogens with one attached hydrogen (secondary N) is 2. The van der Waals surface area contributed by atoms with Crippen LogP contribution in [0.4, 0.5) is 33.5 Å². The molecule has 0 aliphatic carbocycles. The van der Waals surface area contributed by atoms with Crippen molar-refractivity contribution in [1.82, 2.24) is 34.4 Å². The second-order valence-corrected chi connectivity index (χ2v) is 10.1. The summed E-state index contributed by atoms with van der Waals surface area (Å²) in [5.74, 6) is 0.248. The fraction of sp³-hybridized carbons (Fsp3) is 0.385. The van der Waals surface area contributed by atoms with Crippen molar-refractivity contribution in [1.29, 1.82) is 0 Å². The Bertz CT molecular complexity index is 1580. The zero-order valence-corrected chi connectivity index (χ0v) is 21.3. The Kier molecular flexibility index (Phi) is 6.24. The van der Waals surface area contributed by atoms with Gasteiger partial charge in [0.05, 0.1) is 23.0 Å². The molecule has 0 bridgehead atoms. The van der Waals surface area contributed by atoms with E-state index >= 15 is 0 Å². The topological polar surface area (TPSA) is 92.4 Å². The van der Waals surface area contributed by atoms with Crippen molar-refractivity contribution in [3.05, 3.63) is 59.8 Å². The summed E-state index contributed by atoms with van der Waals surface area (Å²) in [5, 5.41) is 9.90. The summed E-state index contributed by atoms with van der Waals surface area (Å²) in [6.45, 7) is 3.35. The van der Waals surface area contributed by atoms with Gasteiger partial charge in [-0.3, -0.25) is 13.9 Å². The van der Waals surface area contributed by atoms with Gasteiger partial charge < -0.3 is 15.5 Å². The number of imidazole rings is 1. The molecule has 2 N–H and O–H groups in total. The highest BCUT2D eigenvalue weighted by atomic mass is 19.4. The number of fused-ring (bicyclic) bond motifs is 1. The van der Waals surface area contributed by atoms with Gasteiger partial charge in [0.1, 0.15) is 6.54 Å². The molecule has 14 heteroatoms. The summed E-state index contributed by atoms with van der Waals surface area (Å²) < 4.78 is 68.8. The van der Waals surface area contributed by atoms with Crippen LogP contribution in [0.5, 0.6) is 0 Å². The van der Waals surface area contributed by atoms with Crippen LogP contribution in [-0.2, 0) is 19.1 Å². The van der Waals surface area contributed by atoms with Crippen LogP contribution in [0, 0.1) is 0 Å². The van der Waals surface area contributed by atoms with Gasteiger partial charge in [-0.25, -0.2) is 18.7 Å². The zero-order chi connectivity index (χ0) is 28.2. The number of halogens is 5. The number of nitrogens with zero attached hydrogens (tertiary/aromatic N) is 6. The lowest BCUT2D eigenvalue weighted by Crippen LogP contribution is -2.76. The fourth-order valence-electron chi connectivity index (χ4n) is 5.32. The highest BCUT2D eigenvalue weighted by Crippen LogP contribution is 2.37. The van der Waals surface area contributed by atoms with E-state index in [0.717, 1.165) is 24.7 Å². The number of rotatable bonds is 7. The Morgan fingerprint density at radius 3 is 2.65 bits per heavy atom. The van der Waals surface area contributed by atoms with Crippen LogP contribution in [0.15, 0.2) is 43.0 Å². The minimum absolute atomic E-state index is 0.0197. The van der Waals surface area contributed by atoms with Gasteiger partial charge in [0.25, 0.3) is 12.3 Å². The van der Waals surface area contributed by atoms with Crippen molar-refractivity contribution >= 4 is 23.1 Å². The summed E-state index contributed by atoms with van der Waals surface area (Å²) in [6, 6.07) is 5.34. The molecule has 2 fully saturated rings. The number of benzene rings is 1. The minimum atomic E-state index is -4.86. The number of hydrogen-bond donors (Lipinski definition) is 2. The number of alkyl halides is 5. The first kappa shape index (κ1) is 26.2. The Labute approximate surface area is 225 Å². The summed E-state index contributed by atoms with van der Waals surface area (Å²) in [5.41, 5.74) is 0.765. The van der Waals surface area contributed by atoms with Crippen molar-refractivity contribution in [2.75, 3.05) is 25.0 Å².